The molecule has 2 aliphatic heterocycles. The van der Waals surface area contributed by atoms with Gasteiger partial charge in [-0.25, -0.2) is 0 Å². The first-order chi connectivity index (χ1) is 11.1. The number of carbonyl (C=O) groups is 1. The third kappa shape index (κ3) is 5.50. The molecule has 4 nitrogen and oxygen atoms in total. The van der Waals surface area contributed by atoms with Gasteiger partial charge in [-0.1, -0.05) is 18.2 Å². The summed E-state index contributed by atoms with van der Waals surface area (Å²) in [6.07, 6.45) is 4.17. The molecule has 6 heteroatoms. The van der Waals surface area contributed by atoms with Crippen LogP contribution in [-0.2, 0) is 11.3 Å². The van der Waals surface area contributed by atoms with E-state index < -0.39 is 0 Å². The van der Waals surface area contributed by atoms with Crippen LogP contribution < -0.4 is 10.2 Å². The van der Waals surface area contributed by atoms with E-state index in [1.165, 1.54) is 24.1 Å². The fourth-order valence-electron chi connectivity index (χ4n) is 3.93. The smallest absolute Gasteiger partial charge is 0.223 e. The average Bonchev–Trinajstić information content (AvgIpc) is 2.70. The highest BCUT2D eigenvalue weighted by Crippen LogP contribution is 2.27. The van der Waals surface area contributed by atoms with Gasteiger partial charge in [0.1, 0.15) is 0 Å². The van der Waals surface area contributed by atoms with Crippen LogP contribution in [0.5, 0.6) is 0 Å². The molecule has 1 amide bonds. The van der Waals surface area contributed by atoms with E-state index in [0.717, 1.165) is 38.5 Å². The summed E-state index contributed by atoms with van der Waals surface area (Å²) in [5.41, 5.74) is 2.52. The molecule has 0 radical (unpaired) electrons. The molecule has 1 saturated heterocycles. The number of carbonyl (C=O) groups excluding carboxylic acids is 1. The molecular weight excluding hydrogens is 357 g/mol. The average molecular weight is 388 g/mol. The fraction of sp³-hybridized carbons (Fsp3) is 0.632. The van der Waals surface area contributed by atoms with E-state index in [1.54, 1.807) is 0 Å². The van der Waals surface area contributed by atoms with Gasteiger partial charge in [-0.15, -0.1) is 24.8 Å². The number of rotatable bonds is 3. The SMILES string of the molecule is CC1CN(C)c2ccccc2CN1C(=O)CCC1CCNCC1.Cl.Cl. The Labute approximate surface area is 164 Å². The summed E-state index contributed by atoms with van der Waals surface area (Å²) in [6.45, 7) is 6.03. The number of likely N-dealkylation sites (N-methyl/N-ethyl adjacent to an activating group) is 1. The van der Waals surface area contributed by atoms with E-state index in [-0.39, 0.29) is 30.9 Å². The molecule has 2 aliphatic rings. The summed E-state index contributed by atoms with van der Waals surface area (Å²) in [5.74, 6) is 1.04. The number of benzene rings is 1. The molecule has 1 atom stereocenters. The van der Waals surface area contributed by atoms with E-state index in [9.17, 15) is 4.79 Å². The highest BCUT2D eigenvalue weighted by Gasteiger charge is 2.27. The fourth-order valence-corrected chi connectivity index (χ4v) is 3.93. The first-order valence-electron chi connectivity index (χ1n) is 8.94. The molecule has 0 saturated carbocycles. The number of hydrogen-bond donors (Lipinski definition) is 1. The van der Waals surface area contributed by atoms with Crippen LogP contribution in [-0.4, -0.2) is 43.5 Å². The number of anilines is 1. The van der Waals surface area contributed by atoms with E-state index >= 15 is 0 Å². The standard InChI is InChI=1S/C19H29N3O.2ClH/c1-15-13-21(2)18-6-4-3-5-17(18)14-22(15)19(23)8-7-16-9-11-20-12-10-16;;/h3-6,15-16,20H,7-14H2,1-2H3;2*1H. The Morgan fingerprint density at radius 2 is 1.88 bits per heavy atom. The van der Waals surface area contributed by atoms with Crippen LogP contribution in [0.2, 0.25) is 0 Å². The van der Waals surface area contributed by atoms with Crippen molar-refractivity contribution >= 4 is 36.4 Å². The Bertz CT molecular complexity index is 549. The van der Waals surface area contributed by atoms with Crippen molar-refractivity contribution in [2.75, 3.05) is 31.6 Å². The van der Waals surface area contributed by atoms with Gasteiger partial charge in [0, 0.05) is 38.3 Å². The number of nitrogens with one attached hydrogen (secondary N) is 1. The molecule has 0 aliphatic carbocycles. The number of amides is 1. The van der Waals surface area contributed by atoms with Gasteiger partial charge in [-0.3, -0.25) is 4.79 Å². The third-order valence-corrected chi connectivity index (χ3v) is 5.36. The monoisotopic (exact) mass is 387 g/mol. The largest absolute Gasteiger partial charge is 0.372 e. The highest BCUT2D eigenvalue weighted by molar-refractivity contribution is 5.85. The second-order valence-electron chi connectivity index (χ2n) is 7.11. The van der Waals surface area contributed by atoms with Crippen LogP contribution in [0.25, 0.3) is 0 Å². The van der Waals surface area contributed by atoms with E-state index in [2.05, 4.69) is 53.4 Å². The predicted octanol–water partition coefficient (Wildman–Crippen LogP) is 3.48. The minimum Gasteiger partial charge on any atom is -0.372 e. The minimum absolute atomic E-state index is 0. The van der Waals surface area contributed by atoms with E-state index in [1.807, 2.05) is 0 Å². The zero-order valence-electron chi connectivity index (χ0n) is 15.2. The van der Waals surface area contributed by atoms with Crippen molar-refractivity contribution in [3.63, 3.8) is 0 Å². The maximum Gasteiger partial charge on any atom is 0.223 e. The molecular formula is C19H31Cl2N3O. The lowest BCUT2D eigenvalue weighted by Gasteiger charge is -2.29. The number of hydrogen-bond acceptors (Lipinski definition) is 3. The Kier molecular flexibility index (Phi) is 9.04. The molecule has 25 heavy (non-hydrogen) atoms. The maximum atomic E-state index is 12.8. The topological polar surface area (TPSA) is 35.6 Å². The summed E-state index contributed by atoms with van der Waals surface area (Å²) in [6, 6.07) is 8.71. The molecule has 142 valence electrons. The Balaban J connectivity index is 0.00000156. The van der Waals surface area contributed by atoms with Gasteiger partial charge in [0.2, 0.25) is 5.91 Å². The van der Waals surface area contributed by atoms with Gasteiger partial charge in [-0.2, -0.15) is 0 Å². The van der Waals surface area contributed by atoms with Gasteiger partial charge >= 0.3 is 0 Å². The molecule has 1 fully saturated rings. The Morgan fingerprint density at radius 3 is 2.60 bits per heavy atom. The summed E-state index contributed by atoms with van der Waals surface area (Å²) in [5, 5.41) is 3.40. The summed E-state index contributed by atoms with van der Waals surface area (Å²) in [4.78, 5) is 17.2. The lowest BCUT2D eigenvalue weighted by molar-refractivity contribution is -0.134. The van der Waals surface area contributed by atoms with E-state index in [4.69, 9.17) is 0 Å². The van der Waals surface area contributed by atoms with Crippen LogP contribution >= 0.6 is 24.8 Å². The van der Waals surface area contributed by atoms with E-state index in [0.29, 0.717) is 12.3 Å². The van der Waals surface area contributed by atoms with Crippen LogP contribution in [0, 0.1) is 5.92 Å². The van der Waals surface area contributed by atoms with Crippen molar-refractivity contribution in [3.8, 4) is 0 Å². The number of fused-ring (bicyclic) bond motifs is 1. The molecule has 1 aromatic rings. The first-order valence-corrected chi connectivity index (χ1v) is 8.94. The Hall–Kier alpha value is -0.970. The van der Waals surface area contributed by atoms with Gasteiger partial charge in [0.05, 0.1) is 0 Å². The summed E-state index contributed by atoms with van der Waals surface area (Å²) >= 11 is 0. The number of nitrogens with zero attached hydrogens (tertiary/aromatic N) is 2. The number of halogens is 2. The number of para-hydroxylation sites is 1. The molecule has 1 aromatic carbocycles. The summed E-state index contributed by atoms with van der Waals surface area (Å²) in [7, 11) is 2.12. The molecule has 3 rings (SSSR count). The van der Waals surface area contributed by atoms with Gasteiger partial charge in [0.15, 0.2) is 0 Å². The Morgan fingerprint density at radius 1 is 1.20 bits per heavy atom. The molecule has 0 bridgehead atoms. The molecule has 1 N–H and O–H groups in total. The molecule has 0 spiro atoms. The maximum absolute atomic E-state index is 12.8. The van der Waals surface area contributed by atoms with Gasteiger partial charge < -0.3 is 15.1 Å². The highest BCUT2D eigenvalue weighted by atomic mass is 35.5. The third-order valence-electron chi connectivity index (χ3n) is 5.36. The van der Waals surface area contributed by atoms with Gasteiger partial charge in [-0.05, 0) is 56.8 Å². The lowest BCUT2D eigenvalue weighted by Crippen LogP contribution is -2.42. The van der Waals surface area contributed by atoms with Crippen molar-refractivity contribution < 1.29 is 4.79 Å². The van der Waals surface area contributed by atoms with Crippen molar-refractivity contribution in [2.24, 2.45) is 5.92 Å². The van der Waals surface area contributed by atoms with Crippen LogP contribution in [0.4, 0.5) is 5.69 Å². The second-order valence-corrected chi connectivity index (χ2v) is 7.11. The zero-order chi connectivity index (χ0) is 16.2. The molecule has 2 heterocycles. The molecule has 1 unspecified atom stereocenters. The lowest BCUT2D eigenvalue weighted by atomic mass is 9.93. The quantitative estimate of drug-likeness (QED) is 0.861. The van der Waals surface area contributed by atoms with Crippen LogP contribution in [0.3, 0.4) is 0 Å². The normalized spacial score (nSPS) is 20.8. The predicted molar refractivity (Wildman–Crippen MR) is 109 cm³/mol. The zero-order valence-corrected chi connectivity index (χ0v) is 16.9. The van der Waals surface area contributed by atoms with Crippen molar-refractivity contribution in [1.82, 2.24) is 10.2 Å². The van der Waals surface area contributed by atoms with Gasteiger partial charge in [0.25, 0.3) is 0 Å². The minimum atomic E-state index is 0. The number of piperidine rings is 1. The van der Waals surface area contributed by atoms with Crippen molar-refractivity contribution in [2.45, 2.75) is 45.2 Å². The van der Waals surface area contributed by atoms with Crippen molar-refractivity contribution in [3.05, 3.63) is 29.8 Å². The molecule has 0 aromatic heterocycles. The van der Waals surface area contributed by atoms with Crippen LogP contribution in [0.1, 0.15) is 38.2 Å². The second kappa shape index (κ2) is 10.2. The first kappa shape index (κ1) is 22.1. The van der Waals surface area contributed by atoms with Crippen molar-refractivity contribution in [1.29, 1.82) is 0 Å². The summed E-state index contributed by atoms with van der Waals surface area (Å²) < 4.78 is 0. The van der Waals surface area contributed by atoms with Crippen LogP contribution in [0.15, 0.2) is 24.3 Å².